The maximum atomic E-state index is 6.20. The van der Waals surface area contributed by atoms with Gasteiger partial charge >= 0.3 is 0 Å². The molecule has 2 fully saturated rings. The fourth-order valence-electron chi connectivity index (χ4n) is 3.44. The molecule has 19 heavy (non-hydrogen) atoms. The summed E-state index contributed by atoms with van der Waals surface area (Å²) in [5.41, 5.74) is -0.0943. The lowest BCUT2D eigenvalue weighted by Crippen LogP contribution is -2.62. The van der Waals surface area contributed by atoms with Crippen LogP contribution in [-0.2, 0) is 4.74 Å². The molecule has 2 rings (SSSR count). The van der Waals surface area contributed by atoms with Crippen molar-refractivity contribution in [3.8, 4) is 0 Å². The third-order valence-corrected chi connectivity index (χ3v) is 4.15. The number of nitrogens with zero attached hydrogens (tertiary/aromatic N) is 1. The van der Waals surface area contributed by atoms with Crippen LogP contribution in [-0.4, -0.2) is 47.8 Å². The summed E-state index contributed by atoms with van der Waals surface area (Å²) < 4.78 is 6.20. The van der Waals surface area contributed by atoms with Crippen LogP contribution in [0.2, 0.25) is 0 Å². The lowest BCUT2D eigenvalue weighted by atomic mass is 9.93. The van der Waals surface area contributed by atoms with Crippen molar-refractivity contribution in [2.45, 2.75) is 77.7 Å². The van der Waals surface area contributed by atoms with E-state index in [0.717, 1.165) is 25.7 Å². The second-order valence-corrected chi connectivity index (χ2v) is 8.02. The van der Waals surface area contributed by atoms with E-state index in [-0.39, 0.29) is 11.2 Å². The van der Waals surface area contributed by atoms with Crippen molar-refractivity contribution in [2.75, 3.05) is 19.6 Å². The van der Waals surface area contributed by atoms with Crippen LogP contribution in [0.1, 0.15) is 54.4 Å². The summed E-state index contributed by atoms with van der Waals surface area (Å²) in [6.07, 6.45) is 2.73. The first-order valence-electron chi connectivity index (χ1n) is 7.86. The molecular weight excluding hydrogens is 236 g/mol. The number of morpholine rings is 1. The van der Waals surface area contributed by atoms with Gasteiger partial charge in [-0.1, -0.05) is 13.8 Å². The highest BCUT2D eigenvalue weighted by atomic mass is 16.5. The number of nitrogens with one attached hydrogen (secondary N) is 1. The highest BCUT2D eigenvalue weighted by Gasteiger charge is 2.41. The molecule has 1 heterocycles. The van der Waals surface area contributed by atoms with Gasteiger partial charge in [0.1, 0.15) is 0 Å². The minimum Gasteiger partial charge on any atom is -0.367 e. The van der Waals surface area contributed by atoms with Gasteiger partial charge < -0.3 is 10.1 Å². The predicted octanol–water partition coefficient (Wildman–Crippen LogP) is 2.65. The Morgan fingerprint density at radius 1 is 1.11 bits per heavy atom. The van der Waals surface area contributed by atoms with Crippen LogP contribution in [0.4, 0.5) is 0 Å². The molecule has 1 saturated heterocycles. The van der Waals surface area contributed by atoms with E-state index in [2.05, 4.69) is 51.8 Å². The van der Waals surface area contributed by atoms with Gasteiger partial charge in [-0.15, -0.1) is 0 Å². The smallest absolute Gasteiger partial charge is 0.0760 e. The fourth-order valence-corrected chi connectivity index (χ4v) is 3.44. The van der Waals surface area contributed by atoms with Crippen molar-refractivity contribution in [1.29, 1.82) is 0 Å². The topological polar surface area (TPSA) is 24.5 Å². The van der Waals surface area contributed by atoms with E-state index in [1.807, 2.05) is 0 Å². The van der Waals surface area contributed by atoms with Gasteiger partial charge in [-0.2, -0.15) is 0 Å². The summed E-state index contributed by atoms with van der Waals surface area (Å²) in [6.45, 7) is 16.7. The predicted molar refractivity (Wildman–Crippen MR) is 80.5 cm³/mol. The summed E-state index contributed by atoms with van der Waals surface area (Å²) in [5.74, 6) is 0.677. The zero-order valence-electron chi connectivity index (χ0n) is 13.6. The Bertz CT molecular complexity index is 292. The molecule has 0 aromatic carbocycles. The zero-order chi connectivity index (χ0) is 14.3. The van der Waals surface area contributed by atoms with Gasteiger partial charge in [0.25, 0.3) is 0 Å². The Morgan fingerprint density at radius 3 is 2.05 bits per heavy atom. The molecule has 0 radical (unpaired) electrons. The van der Waals surface area contributed by atoms with E-state index in [4.69, 9.17) is 4.74 Å². The average Bonchev–Trinajstić information content (AvgIpc) is 2.95. The first-order valence-corrected chi connectivity index (χ1v) is 7.86. The fraction of sp³-hybridized carbons (Fsp3) is 1.00. The molecule has 0 amide bonds. The van der Waals surface area contributed by atoms with Gasteiger partial charge in [0.2, 0.25) is 0 Å². The minimum absolute atomic E-state index is 0.0472. The molecule has 3 nitrogen and oxygen atoms in total. The van der Waals surface area contributed by atoms with Crippen LogP contribution in [0.15, 0.2) is 0 Å². The summed E-state index contributed by atoms with van der Waals surface area (Å²) in [5, 5.41) is 3.71. The minimum atomic E-state index is -0.0472. The van der Waals surface area contributed by atoms with E-state index < -0.39 is 0 Å². The Hall–Kier alpha value is -0.120. The van der Waals surface area contributed by atoms with Crippen molar-refractivity contribution in [1.82, 2.24) is 10.2 Å². The molecule has 1 aliphatic carbocycles. The number of hydrogen-bond acceptors (Lipinski definition) is 3. The number of rotatable bonds is 5. The Labute approximate surface area is 119 Å². The van der Waals surface area contributed by atoms with Gasteiger partial charge in [0.15, 0.2) is 0 Å². The highest BCUT2D eigenvalue weighted by Crippen LogP contribution is 2.30. The summed E-state index contributed by atoms with van der Waals surface area (Å²) in [6, 6.07) is 1.41. The van der Waals surface area contributed by atoms with Crippen LogP contribution in [0.5, 0.6) is 0 Å². The van der Waals surface area contributed by atoms with Gasteiger partial charge in [0.05, 0.1) is 11.2 Å². The average molecular weight is 268 g/mol. The van der Waals surface area contributed by atoms with Crippen molar-refractivity contribution >= 4 is 0 Å². The first kappa shape index (κ1) is 15.3. The molecular formula is C16H32N2O. The second kappa shape index (κ2) is 5.34. The van der Waals surface area contributed by atoms with Gasteiger partial charge in [0, 0.05) is 31.7 Å². The van der Waals surface area contributed by atoms with Gasteiger partial charge in [-0.3, -0.25) is 4.90 Å². The lowest BCUT2D eigenvalue weighted by molar-refractivity contribution is -0.189. The molecule has 1 atom stereocenters. The van der Waals surface area contributed by atoms with E-state index in [1.54, 1.807) is 0 Å². The molecule has 0 aromatic rings. The molecule has 112 valence electrons. The molecule has 0 bridgehead atoms. The van der Waals surface area contributed by atoms with Gasteiger partial charge in [-0.25, -0.2) is 0 Å². The number of hydrogen-bond donors (Lipinski definition) is 1. The van der Waals surface area contributed by atoms with Crippen LogP contribution < -0.4 is 5.32 Å². The second-order valence-electron chi connectivity index (χ2n) is 8.02. The van der Waals surface area contributed by atoms with Crippen LogP contribution in [0.25, 0.3) is 0 Å². The molecule has 1 aliphatic heterocycles. The molecule has 1 N–H and O–H groups in total. The molecule has 1 saturated carbocycles. The normalized spacial score (nSPS) is 28.6. The Kier molecular flexibility index (Phi) is 4.29. The molecule has 0 spiro atoms. The third-order valence-electron chi connectivity index (χ3n) is 4.15. The SMILES string of the molecule is CC(C)C(CNC1CC1)N1CC(C)(C)OC(C)(C)C1. The van der Waals surface area contributed by atoms with Crippen molar-refractivity contribution in [2.24, 2.45) is 5.92 Å². The molecule has 0 aromatic heterocycles. The summed E-state index contributed by atoms with van der Waals surface area (Å²) in [4.78, 5) is 2.64. The quantitative estimate of drug-likeness (QED) is 0.829. The Balaban J connectivity index is 2.01. The Morgan fingerprint density at radius 2 is 1.63 bits per heavy atom. The van der Waals surface area contributed by atoms with E-state index in [1.165, 1.54) is 12.8 Å². The maximum absolute atomic E-state index is 6.20. The van der Waals surface area contributed by atoms with Crippen molar-refractivity contribution in [3.63, 3.8) is 0 Å². The highest BCUT2D eigenvalue weighted by molar-refractivity contribution is 4.94. The van der Waals surface area contributed by atoms with E-state index in [9.17, 15) is 0 Å². The first-order chi connectivity index (χ1) is 8.69. The summed E-state index contributed by atoms with van der Waals surface area (Å²) >= 11 is 0. The third kappa shape index (κ3) is 4.44. The van der Waals surface area contributed by atoms with Crippen LogP contribution >= 0.6 is 0 Å². The maximum Gasteiger partial charge on any atom is 0.0760 e. The zero-order valence-corrected chi connectivity index (χ0v) is 13.6. The standard InChI is InChI=1S/C16H32N2O/c1-12(2)14(9-17-13-7-8-13)18-10-15(3,4)19-16(5,6)11-18/h12-14,17H,7-11H2,1-6H3. The van der Waals surface area contributed by atoms with E-state index >= 15 is 0 Å². The van der Waals surface area contributed by atoms with Crippen molar-refractivity contribution in [3.05, 3.63) is 0 Å². The summed E-state index contributed by atoms with van der Waals surface area (Å²) in [7, 11) is 0. The van der Waals surface area contributed by atoms with Crippen LogP contribution in [0.3, 0.4) is 0 Å². The largest absolute Gasteiger partial charge is 0.367 e. The molecule has 1 unspecified atom stereocenters. The molecule has 3 heteroatoms. The van der Waals surface area contributed by atoms with Crippen molar-refractivity contribution < 1.29 is 4.74 Å². The van der Waals surface area contributed by atoms with Gasteiger partial charge in [-0.05, 0) is 46.5 Å². The van der Waals surface area contributed by atoms with Crippen LogP contribution in [0, 0.1) is 5.92 Å². The monoisotopic (exact) mass is 268 g/mol. The lowest BCUT2D eigenvalue weighted by Gasteiger charge is -2.50. The molecule has 2 aliphatic rings. The van der Waals surface area contributed by atoms with E-state index in [0.29, 0.717) is 12.0 Å². The number of ether oxygens (including phenoxy) is 1.